The number of anilines is 1. The van der Waals surface area contributed by atoms with E-state index in [1.807, 2.05) is 24.3 Å². The van der Waals surface area contributed by atoms with E-state index in [0.29, 0.717) is 30.6 Å². The molecule has 1 aromatic carbocycles. The van der Waals surface area contributed by atoms with Gasteiger partial charge in [0, 0.05) is 18.5 Å². The topological polar surface area (TPSA) is 100 Å². The smallest absolute Gasteiger partial charge is 0.296 e. The lowest BCUT2D eigenvalue weighted by Gasteiger charge is -2.19. The molecule has 27 heavy (non-hydrogen) atoms. The maximum absolute atomic E-state index is 12.4. The van der Waals surface area contributed by atoms with Gasteiger partial charge in [0.1, 0.15) is 11.6 Å². The van der Waals surface area contributed by atoms with Crippen LogP contribution in [0.4, 0.5) is 6.01 Å². The van der Waals surface area contributed by atoms with Gasteiger partial charge in [0.2, 0.25) is 0 Å². The van der Waals surface area contributed by atoms with Gasteiger partial charge < -0.3 is 14.5 Å². The number of fused-ring (bicyclic) bond motifs is 1. The molecular formula is C18H16N6O3. The Balaban J connectivity index is 1.45. The predicted octanol–water partition coefficient (Wildman–Crippen LogP) is 1.62. The third-order valence-corrected chi connectivity index (χ3v) is 4.52. The van der Waals surface area contributed by atoms with E-state index >= 15 is 0 Å². The zero-order valence-corrected chi connectivity index (χ0v) is 14.2. The first kappa shape index (κ1) is 15.8. The molecule has 5 rings (SSSR count). The standard InChI is InChI=1S/C18H16N6O3/c25-17-7-6-16(23-9-3-8-19-23)22-24(17)14-11-26-10-13(14)21-18-20-12-4-1-2-5-15(12)27-18/h1-9,13-14H,10-11H2,(H,20,21). The number of aromatic nitrogens is 5. The summed E-state index contributed by atoms with van der Waals surface area (Å²) in [6.45, 7) is 0.789. The molecule has 1 fully saturated rings. The molecule has 3 aromatic heterocycles. The molecule has 0 aliphatic carbocycles. The van der Waals surface area contributed by atoms with Crippen LogP contribution in [0.1, 0.15) is 6.04 Å². The van der Waals surface area contributed by atoms with Crippen LogP contribution in [0.15, 0.2) is 64.1 Å². The molecule has 0 saturated carbocycles. The summed E-state index contributed by atoms with van der Waals surface area (Å²) in [7, 11) is 0. The second-order valence-electron chi connectivity index (χ2n) is 6.27. The Labute approximate surface area is 153 Å². The van der Waals surface area contributed by atoms with E-state index < -0.39 is 0 Å². The number of para-hydroxylation sites is 2. The Hall–Kier alpha value is -3.46. The molecule has 0 spiro atoms. The van der Waals surface area contributed by atoms with Crippen molar-refractivity contribution in [2.45, 2.75) is 12.1 Å². The highest BCUT2D eigenvalue weighted by molar-refractivity contribution is 5.74. The Morgan fingerprint density at radius 3 is 2.89 bits per heavy atom. The van der Waals surface area contributed by atoms with Gasteiger partial charge >= 0.3 is 0 Å². The van der Waals surface area contributed by atoms with Crippen LogP contribution in [0.25, 0.3) is 16.9 Å². The molecule has 4 aromatic rings. The van der Waals surface area contributed by atoms with E-state index in [1.165, 1.54) is 10.7 Å². The number of hydrogen-bond acceptors (Lipinski definition) is 7. The van der Waals surface area contributed by atoms with Crippen LogP contribution in [0, 0.1) is 0 Å². The van der Waals surface area contributed by atoms with Crippen LogP contribution in [0.2, 0.25) is 0 Å². The van der Waals surface area contributed by atoms with Crippen molar-refractivity contribution in [2.24, 2.45) is 0 Å². The molecule has 0 amide bonds. The van der Waals surface area contributed by atoms with Crippen LogP contribution in [-0.2, 0) is 4.74 Å². The van der Waals surface area contributed by atoms with Crippen molar-refractivity contribution in [2.75, 3.05) is 18.5 Å². The van der Waals surface area contributed by atoms with Crippen LogP contribution in [0.3, 0.4) is 0 Å². The Bertz CT molecular complexity index is 1100. The second kappa shape index (κ2) is 6.36. The number of oxazole rings is 1. The molecule has 136 valence electrons. The Kier molecular flexibility index (Phi) is 3.72. The molecule has 9 nitrogen and oxygen atoms in total. The Morgan fingerprint density at radius 1 is 1.11 bits per heavy atom. The normalized spacial score (nSPS) is 19.6. The predicted molar refractivity (Wildman–Crippen MR) is 96.9 cm³/mol. The summed E-state index contributed by atoms with van der Waals surface area (Å²) in [5.41, 5.74) is 1.27. The van der Waals surface area contributed by atoms with E-state index in [9.17, 15) is 4.79 Å². The maximum atomic E-state index is 12.4. The van der Waals surface area contributed by atoms with Gasteiger partial charge in [0.15, 0.2) is 11.4 Å². The molecule has 1 aliphatic heterocycles. The van der Waals surface area contributed by atoms with Crippen molar-refractivity contribution >= 4 is 17.1 Å². The molecule has 4 heterocycles. The zero-order chi connectivity index (χ0) is 18.2. The van der Waals surface area contributed by atoms with Gasteiger partial charge in [-0.1, -0.05) is 12.1 Å². The van der Waals surface area contributed by atoms with Gasteiger partial charge in [0.25, 0.3) is 11.6 Å². The lowest BCUT2D eigenvalue weighted by atomic mass is 10.2. The number of nitrogens with one attached hydrogen (secondary N) is 1. The zero-order valence-electron chi connectivity index (χ0n) is 14.2. The SMILES string of the molecule is O=c1ccc(-n2cccn2)nn1C1COCC1Nc1nc2ccccc2o1. The molecule has 1 saturated heterocycles. The number of ether oxygens (including phenoxy) is 1. The van der Waals surface area contributed by atoms with Crippen LogP contribution in [0.5, 0.6) is 0 Å². The molecule has 2 unspecified atom stereocenters. The summed E-state index contributed by atoms with van der Waals surface area (Å²) in [4.78, 5) is 16.8. The van der Waals surface area contributed by atoms with Gasteiger partial charge in [-0.25, -0.2) is 9.36 Å². The highest BCUT2D eigenvalue weighted by Crippen LogP contribution is 2.24. The van der Waals surface area contributed by atoms with Gasteiger partial charge in [0.05, 0.1) is 19.3 Å². The van der Waals surface area contributed by atoms with Gasteiger partial charge in [-0.15, -0.1) is 5.10 Å². The first-order valence-electron chi connectivity index (χ1n) is 8.58. The number of nitrogens with zero attached hydrogens (tertiary/aromatic N) is 5. The average Bonchev–Trinajstić information content (AvgIpc) is 3.43. The molecule has 1 N–H and O–H groups in total. The summed E-state index contributed by atoms with van der Waals surface area (Å²) in [5, 5.41) is 11.9. The van der Waals surface area contributed by atoms with Crippen molar-refractivity contribution in [3.63, 3.8) is 0 Å². The minimum absolute atomic E-state index is 0.198. The largest absolute Gasteiger partial charge is 0.424 e. The first-order chi connectivity index (χ1) is 13.3. The highest BCUT2D eigenvalue weighted by Gasteiger charge is 2.32. The third kappa shape index (κ3) is 2.87. The second-order valence-corrected chi connectivity index (χ2v) is 6.27. The molecule has 1 aliphatic rings. The van der Waals surface area contributed by atoms with Gasteiger partial charge in [-0.2, -0.15) is 10.1 Å². The van der Waals surface area contributed by atoms with Crippen LogP contribution < -0.4 is 10.9 Å². The molecule has 9 heteroatoms. The molecule has 0 radical (unpaired) electrons. The number of rotatable bonds is 4. The summed E-state index contributed by atoms with van der Waals surface area (Å²) < 4.78 is 14.4. The summed E-state index contributed by atoms with van der Waals surface area (Å²) in [6.07, 6.45) is 3.43. The van der Waals surface area contributed by atoms with E-state index in [-0.39, 0.29) is 17.6 Å². The molecular weight excluding hydrogens is 348 g/mol. The monoisotopic (exact) mass is 364 g/mol. The van der Waals surface area contributed by atoms with Crippen molar-refractivity contribution in [3.05, 3.63) is 65.2 Å². The number of hydrogen-bond donors (Lipinski definition) is 1. The van der Waals surface area contributed by atoms with Crippen molar-refractivity contribution in [1.29, 1.82) is 0 Å². The Morgan fingerprint density at radius 2 is 2.04 bits per heavy atom. The van der Waals surface area contributed by atoms with Gasteiger partial charge in [-0.3, -0.25) is 4.79 Å². The summed E-state index contributed by atoms with van der Waals surface area (Å²) in [6, 6.07) is 12.4. The minimum Gasteiger partial charge on any atom is -0.424 e. The van der Waals surface area contributed by atoms with Crippen LogP contribution in [-0.4, -0.2) is 43.8 Å². The first-order valence-corrected chi connectivity index (χ1v) is 8.58. The fraction of sp³-hybridized carbons (Fsp3) is 0.222. The van der Waals surface area contributed by atoms with E-state index in [4.69, 9.17) is 9.15 Å². The van der Waals surface area contributed by atoms with E-state index in [0.717, 1.165) is 5.52 Å². The minimum atomic E-state index is -0.289. The lowest BCUT2D eigenvalue weighted by Crippen LogP contribution is -2.37. The van der Waals surface area contributed by atoms with Crippen LogP contribution >= 0.6 is 0 Å². The maximum Gasteiger partial charge on any atom is 0.296 e. The van der Waals surface area contributed by atoms with Crippen molar-refractivity contribution in [1.82, 2.24) is 24.5 Å². The fourth-order valence-corrected chi connectivity index (χ4v) is 3.19. The lowest BCUT2D eigenvalue weighted by molar-refractivity contribution is 0.182. The highest BCUT2D eigenvalue weighted by atomic mass is 16.5. The van der Waals surface area contributed by atoms with E-state index in [2.05, 4.69) is 20.5 Å². The quantitative estimate of drug-likeness (QED) is 0.587. The number of benzene rings is 1. The average molecular weight is 364 g/mol. The third-order valence-electron chi connectivity index (χ3n) is 4.52. The van der Waals surface area contributed by atoms with Crippen molar-refractivity contribution in [3.8, 4) is 5.82 Å². The molecule has 2 atom stereocenters. The molecule has 0 bridgehead atoms. The fourth-order valence-electron chi connectivity index (χ4n) is 3.19. The van der Waals surface area contributed by atoms with E-state index in [1.54, 1.807) is 29.2 Å². The summed E-state index contributed by atoms with van der Waals surface area (Å²) >= 11 is 0. The van der Waals surface area contributed by atoms with Crippen molar-refractivity contribution < 1.29 is 9.15 Å². The van der Waals surface area contributed by atoms with Gasteiger partial charge in [-0.05, 0) is 24.3 Å². The summed E-state index contributed by atoms with van der Waals surface area (Å²) in [5.74, 6) is 0.562.